The number of aliphatic carboxylic acids is 1. The van der Waals surface area contributed by atoms with Gasteiger partial charge < -0.3 is 15.3 Å². The van der Waals surface area contributed by atoms with Crippen molar-refractivity contribution in [3.63, 3.8) is 0 Å². The smallest absolute Gasteiger partial charge is 0.303 e. The SMILES string of the molecule is O=C(O)CCC1CCCCN1C(=O)CNC(=O)c1cccc(Br)c1. The Morgan fingerprint density at radius 2 is 2.08 bits per heavy atom. The summed E-state index contributed by atoms with van der Waals surface area (Å²) < 4.78 is 0.797. The van der Waals surface area contributed by atoms with Crippen molar-refractivity contribution < 1.29 is 19.5 Å². The lowest BCUT2D eigenvalue weighted by molar-refractivity contribution is -0.139. The Morgan fingerprint density at radius 3 is 2.79 bits per heavy atom. The molecule has 1 fully saturated rings. The Bertz CT molecular complexity index is 620. The predicted molar refractivity (Wildman–Crippen MR) is 92.7 cm³/mol. The molecule has 0 aliphatic carbocycles. The van der Waals surface area contributed by atoms with E-state index in [1.54, 1.807) is 23.1 Å². The maximum absolute atomic E-state index is 12.4. The standard InChI is InChI=1S/C17H21BrN2O4/c18-13-5-3-4-12(10-13)17(24)19-11-15(21)20-9-2-1-6-14(20)7-8-16(22)23/h3-5,10,14H,1-2,6-9,11H2,(H,19,24)(H,22,23). The molecule has 7 heteroatoms. The van der Waals surface area contributed by atoms with Crippen molar-refractivity contribution in [3.05, 3.63) is 34.3 Å². The van der Waals surface area contributed by atoms with Gasteiger partial charge in [0.25, 0.3) is 5.91 Å². The zero-order valence-electron chi connectivity index (χ0n) is 13.3. The van der Waals surface area contributed by atoms with Crippen molar-refractivity contribution in [2.45, 2.75) is 38.1 Å². The van der Waals surface area contributed by atoms with Gasteiger partial charge in [0.15, 0.2) is 0 Å². The molecule has 0 spiro atoms. The van der Waals surface area contributed by atoms with E-state index in [1.807, 2.05) is 6.07 Å². The van der Waals surface area contributed by atoms with Crippen LogP contribution in [0.4, 0.5) is 0 Å². The lowest BCUT2D eigenvalue weighted by Gasteiger charge is -2.35. The number of carboxylic acid groups (broad SMARTS) is 1. The van der Waals surface area contributed by atoms with Gasteiger partial charge in [-0.2, -0.15) is 0 Å². The summed E-state index contributed by atoms with van der Waals surface area (Å²) in [6, 6.07) is 6.90. The van der Waals surface area contributed by atoms with Gasteiger partial charge in [0.1, 0.15) is 0 Å². The van der Waals surface area contributed by atoms with Crippen LogP contribution in [-0.2, 0) is 9.59 Å². The largest absolute Gasteiger partial charge is 0.481 e. The number of piperidine rings is 1. The molecule has 1 heterocycles. The first-order valence-electron chi connectivity index (χ1n) is 8.02. The molecule has 1 aliphatic heterocycles. The number of amides is 2. The van der Waals surface area contributed by atoms with Crippen LogP contribution in [0.3, 0.4) is 0 Å². The molecule has 2 rings (SSSR count). The third-order valence-electron chi connectivity index (χ3n) is 4.13. The van der Waals surface area contributed by atoms with E-state index in [-0.39, 0.29) is 30.8 Å². The minimum absolute atomic E-state index is 0.0508. The van der Waals surface area contributed by atoms with Crippen LogP contribution < -0.4 is 5.32 Å². The molecule has 1 atom stereocenters. The number of hydrogen-bond donors (Lipinski definition) is 2. The van der Waals surface area contributed by atoms with E-state index in [0.29, 0.717) is 18.5 Å². The monoisotopic (exact) mass is 396 g/mol. The summed E-state index contributed by atoms with van der Waals surface area (Å²) in [6.07, 6.45) is 3.24. The van der Waals surface area contributed by atoms with Crippen LogP contribution in [0, 0.1) is 0 Å². The minimum atomic E-state index is -0.851. The van der Waals surface area contributed by atoms with Crippen molar-refractivity contribution in [1.29, 1.82) is 0 Å². The fourth-order valence-electron chi connectivity index (χ4n) is 2.91. The van der Waals surface area contributed by atoms with E-state index in [2.05, 4.69) is 21.2 Å². The highest BCUT2D eigenvalue weighted by molar-refractivity contribution is 9.10. The van der Waals surface area contributed by atoms with Crippen molar-refractivity contribution in [2.75, 3.05) is 13.1 Å². The molecular formula is C17H21BrN2O4. The molecule has 2 N–H and O–H groups in total. The van der Waals surface area contributed by atoms with E-state index in [1.165, 1.54) is 0 Å². The first kappa shape index (κ1) is 18.4. The molecule has 1 saturated heterocycles. The zero-order valence-corrected chi connectivity index (χ0v) is 14.9. The molecule has 0 bridgehead atoms. The highest BCUT2D eigenvalue weighted by Crippen LogP contribution is 2.21. The van der Waals surface area contributed by atoms with Crippen LogP contribution in [0.25, 0.3) is 0 Å². The Hall–Kier alpha value is -1.89. The number of benzene rings is 1. The van der Waals surface area contributed by atoms with Crippen LogP contribution in [0.1, 0.15) is 42.5 Å². The van der Waals surface area contributed by atoms with E-state index in [9.17, 15) is 14.4 Å². The summed E-state index contributed by atoms with van der Waals surface area (Å²) in [5.74, 6) is -1.31. The second-order valence-electron chi connectivity index (χ2n) is 5.86. The number of likely N-dealkylation sites (tertiary alicyclic amines) is 1. The average molecular weight is 397 g/mol. The molecule has 2 amide bonds. The lowest BCUT2D eigenvalue weighted by atomic mass is 9.98. The molecule has 0 radical (unpaired) electrons. The Morgan fingerprint density at radius 1 is 1.29 bits per heavy atom. The third-order valence-corrected chi connectivity index (χ3v) is 4.62. The second-order valence-corrected chi connectivity index (χ2v) is 6.78. The molecule has 1 aromatic carbocycles. The summed E-state index contributed by atoms with van der Waals surface area (Å²) in [5.41, 5.74) is 0.484. The van der Waals surface area contributed by atoms with Gasteiger partial charge in [0.05, 0.1) is 6.54 Å². The van der Waals surface area contributed by atoms with E-state index in [4.69, 9.17) is 5.11 Å². The maximum Gasteiger partial charge on any atom is 0.303 e. The highest BCUT2D eigenvalue weighted by atomic mass is 79.9. The summed E-state index contributed by atoms with van der Waals surface area (Å²) in [6.45, 7) is 0.546. The number of rotatable bonds is 6. The normalized spacial score (nSPS) is 17.4. The number of carbonyl (C=O) groups excluding carboxylic acids is 2. The number of carbonyl (C=O) groups is 3. The second kappa shape index (κ2) is 8.82. The minimum Gasteiger partial charge on any atom is -0.481 e. The van der Waals surface area contributed by atoms with Gasteiger partial charge in [0.2, 0.25) is 5.91 Å². The summed E-state index contributed by atoms with van der Waals surface area (Å²) in [5, 5.41) is 11.5. The van der Waals surface area contributed by atoms with Crippen LogP contribution in [-0.4, -0.2) is 46.9 Å². The van der Waals surface area contributed by atoms with Gasteiger partial charge in [-0.05, 0) is 43.9 Å². The van der Waals surface area contributed by atoms with Gasteiger partial charge in [-0.3, -0.25) is 14.4 Å². The van der Waals surface area contributed by atoms with E-state index < -0.39 is 5.97 Å². The number of halogens is 1. The van der Waals surface area contributed by atoms with E-state index >= 15 is 0 Å². The molecule has 1 aromatic rings. The van der Waals surface area contributed by atoms with Crippen LogP contribution in [0.2, 0.25) is 0 Å². The number of nitrogens with zero attached hydrogens (tertiary/aromatic N) is 1. The van der Waals surface area contributed by atoms with E-state index in [0.717, 1.165) is 23.7 Å². The number of nitrogens with one attached hydrogen (secondary N) is 1. The van der Waals surface area contributed by atoms with Crippen LogP contribution in [0.15, 0.2) is 28.7 Å². The Kier molecular flexibility index (Phi) is 6.78. The molecule has 0 saturated carbocycles. The average Bonchev–Trinajstić information content (AvgIpc) is 2.57. The molecule has 130 valence electrons. The van der Waals surface area contributed by atoms with Gasteiger partial charge in [-0.25, -0.2) is 0 Å². The van der Waals surface area contributed by atoms with Crippen molar-refractivity contribution in [1.82, 2.24) is 10.2 Å². The lowest BCUT2D eigenvalue weighted by Crippen LogP contribution is -2.48. The Labute approximate surface area is 149 Å². The van der Waals surface area contributed by atoms with Crippen LogP contribution >= 0.6 is 15.9 Å². The van der Waals surface area contributed by atoms with Crippen molar-refractivity contribution >= 4 is 33.7 Å². The Balaban J connectivity index is 1.89. The number of hydrogen-bond acceptors (Lipinski definition) is 3. The summed E-state index contributed by atoms with van der Waals surface area (Å²) >= 11 is 3.31. The van der Waals surface area contributed by atoms with Gasteiger partial charge in [-0.15, -0.1) is 0 Å². The van der Waals surface area contributed by atoms with Gasteiger partial charge in [0, 0.05) is 29.0 Å². The van der Waals surface area contributed by atoms with Crippen molar-refractivity contribution in [2.24, 2.45) is 0 Å². The fourth-order valence-corrected chi connectivity index (χ4v) is 3.31. The van der Waals surface area contributed by atoms with Gasteiger partial charge >= 0.3 is 5.97 Å². The quantitative estimate of drug-likeness (QED) is 0.772. The fraction of sp³-hybridized carbons (Fsp3) is 0.471. The highest BCUT2D eigenvalue weighted by Gasteiger charge is 2.27. The first-order valence-corrected chi connectivity index (χ1v) is 8.81. The van der Waals surface area contributed by atoms with Gasteiger partial charge in [-0.1, -0.05) is 22.0 Å². The third kappa shape index (κ3) is 5.33. The molecule has 0 aromatic heterocycles. The number of carboxylic acids is 1. The zero-order chi connectivity index (χ0) is 17.5. The maximum atomic E-state index is 12.4. The summed E-state index contributed by atoms with van der Waals surface area (Å²) in [7, 11) is 0. The van der Waals surface area contributed by atoms with Crippen molar-refractivity contribution in [3.8, 4) is 0 Å². The molecule has 1 unspecified atom stereocenters. The molecule has 1 aliphatic rings. The molecule has 6 nitrogen and oxygen atoms in total. The predicted octanol–water partition coefficient (Wildman–Crippen LogP) is 2.42. The molecular weight excluding hydrogens is 376 g/mol. The van der Waals surface area contributed by atoms with Crippen LogP contribution in [0.5, 0.6) is 0 Å². The topological polar surface area (TPSA) is 86.7 Å². The summed E-state index contributed by atoms with van der Waals surface area (Å²) in [4.78, 5) is 37.0. The molecule has 24 heavy (non-hydrogen) atoms. The first-order chi connectivity index (χ1) is 11.5.